The largest absolute Gasteiger partial charge is 0.497 e. The Morgan fingerprint density at radius 3 is 1.03 bits per heavy atom. The summed E-state index contributed by atoms with van der Waals surface area (Å²) in [5.41, 5.74) is 17.7. The lowest BCUT2D eigenvalue weighted by Gasteiger charge is -2.37. The minimum Gasteiger partial charge on any atom is -0.497 e. The summed E-state index contributed by atoms with van der Waals surface area (Å²) in [5, 5.41) is 21.6. The van der Waals surface area contributed by atoms with Crippen molar-refractivity contribution in [3.8, 4) is 97.7 Å². The topological polar surface area (TPSA) is 265 Å². The highest BCUT2D eigenvalue weighted by Gasteiger charge is 2.42. The van der Waals surface area contributed by atoms with Crippen LogP contribution in [0.2, 0.25) is 0 Å². The fourth-order valence-corrected chi connectivity index (χ4v) is 21.1. The van der Waals surface area contributed by atoms with Gasteiger partial charge in [-0.05, 0) is 223 Å². The van der Waals surface area contributed by atoms with Crippen LogP contribution in [0.5, 0.6) is 97.7 Å². The van der Waals surface area contributed by atoms with Gasteiger partial charge in [-0.25, -0.2) is 4.39 Å². The van der Waals surface area contributed by atoms with Crippen molar-refractivity contribution in [1.29, 1.82) is 0 Å². The molecule has 0 aliphatic carbocycles. The molecule has 738 valence electrons. The van der Waals surface area contributed by atoms with Gasteiger partial charge in [0.1, 0.15) is 34.7 Å². The molecule has 10 aromatic carbocycles. The molecule has 29 heteroatoms. The maximum Gasteiger partial charge on any atom is 0.231 e. The number of carbonyl (C=O) groups excluding carboxylic acids is 3. The number of fused-ring (bicyclic) bond motifs is 10. The Labute approximate surface area is 821 Å². The van der Waals surface area contributed by atoms with Crippen molar-refractivity contribution in [2.24, 2.45) is 0 Å². The molecule has 20 rings (SSSR count). The molecule has 0 spiro atoms. The van der Waals surface area contributed by atoms with Crippen molar-refractivity contribution >= 4 is 33.3 Å². The van der Waals surface area contributed by atoms with Gasteiger partial charge in [0.2, 0.25) is 62.7 Å². The van der Waals surface area contributed by atoms with Gasteiger partial charge in [0.05, 0.1) is 62.0 Å². The van der Waals surface area contributed by atoms with Gasteiger partial charge >= 0.3 is 0 Å². The molecule has 0 saturated heterocycles. The van der Waals surface area contributed by atoms with E-state index in [9.17, 15) is 29.0 Å². The summed E-state index contributed by atoms with van der Waals surface area (Å²) < 4.78 is 109. The Kier molecular flexibility index (Phi) is 33.0. The quantitative estimate of drug-likeness (QED) is 0.0441. The van der Waals surface area contributed by atoms with Gasteiger partial charge in [-0.3, -0.25) is 38.9 Å². The third-order valence-corrected chi connectivity index (χ3v) is 28.9. The predicted molar refractivity (Wildman–Crippen MR) is 527 cm³/mol. The predicted octanol–water partition coefficient (Wildman–Crippen LogP) is 17.4. The number of carbonyl (C=O) groups is 3. The molecule has 7 atom stereocenters. The molecule has 0 amide bonds. The highest BCUT2D eigenvalue weighted by molar-refractivity contribution is 9.10. The lowest BCUT2D eigenvalue weighted by molar-refractivity contribution is -0.120. The van der Waals surface area contributed by atoms with E-state index in [1.54, 1.807) is 48.7 Å². The molecule has 0 saturated carbocycles. The smallest absolute Gasteiger partial charge is 0.231 e. The lowest BCUT2D eigenvalue weighted by atomic mass is 9.87. The summed E-state index contributed by atoms with van der Waals surface area (Å²) >= 11 is 3.53. The number of likely N-dealkylation sites (N-methyl/N-ethyl adjacent to an activating group) is 5. The molecule has 10 heterocycles. The zero-order chi connectivity index (χ0) is 97.7. The molecular formula is C110H127BrFN5O22. The Balaban J connectivity index is 0.000000125. The molecule has 2 N–H and O–H groups in total. The highest BCUT2D eigenvalue weighted by atomic mass is 79.9. The number of methoxy groups -OCH3 is 7. The van der Waals surface area contributed by atoms with E-state index in [1.165, 1.54) is 52.6 Å². The molecule has 27 nitrogen and oxygen atoms in total. The van der Waals surface area contributed by atoms with Gasteiger partial charge in [-0.2, -0.15) is 0 Å². The van der Waals surface area contributed by atoms with E-state index in [0.29, 0.717) is 114 Å². The normalized spacial score (nSPS) is 18.6. The van der Waals surface area contributed by atoms with Gasteiger partial charge in [0, 0.05) is 145 Å². The second kappa shape index (κ2) is 45.9. The van der Waals surface area contributed by atoms with Gasteiger partial charge in [-0.15, -0.1) is 0 Å². The molecule has 0 radical (unpaired) electrons. The third-order valence-electron chi connectivity index (χ3n) is 28.2. The van der Waals surface area contributed by atoms with Crippen molar-refractivity contribution in [2.75, 3.05) is 152 Å². The molecule has 139 heavy (non-hydrogen) atoms. The molecule has 0 bridgehead atoms. The Bertz CT molecular complexity index is 5880. The number of hydrogen-bond donors (Lipinski definition) is 2. The molecule has 0 fully saturated rings. The van der Waals surface area contributed by atoms with E-state index in [2.05, 4.69) is 105 Å². The Morgan fingerprint density at radius 1 is 0.367 bits per heavy atom. The molecule has 0 aromatic heterocycles. The number of Topliss-reactive ketones (excluding diaryl/α,β-unsaturated/α-hetero) is 3. The second-order valence-corrected chi connectivity index (χ2v) is 37.6. The molecular weight excluding hydrogens is 1840 g/mol. The third kappa shape index (κ3) is 22.7. The van der Waals surface area contributed by atoms with Crippen LogP contribution in [-0.2, 0) is 78.6 Å². The number of halogens is 2. The molecule has 7 unspecified atom stereocenters. The first-order valence-corrected chi connectivity index (χ1v) is 48.4. The van der Waals surface area contributed by atoms with E-state index in [-0.39, 0.29) is 99.9 Å². The van der Waals surface area contributed by atoms with Gasteiger partial charge in [0.15, 0.2) is 57.5 Å². The number of aliphatic hydroxyl groups is 2. The minimum atomic E-state index is -0.411. The van der Waals surface area contributed by atoms with Crippen LogP contribution in [0.4, 0.5) is 4.39 Å². The van der Waals surface area contributed by atoms with Crippen molar-refractivity contribution in [1.82, 2.24) is 24.5 Å². The molecule has 10 aromatic rings. The second-order valence-electron chi connectivity index (χ2n) is 36.7. The van der Waals surface area contributed by atoms with Gasteiger partial charge in [0.25, 0.3) is 0 Å². The summed E-state index contributed by atoms with van der Waals surface area (Å²) in [7, 11) is 21.7. The van der Waals surface area contributed by atoms with Crippen LogP contribution in [0.3, 0.4) is 0 Å². The minimum absolute atomic E-state index is 0.0188. The zero-order valence-electron chi connectivity index (χ0n) is 81.6. The number of hydrogen-bond acceptors (Lipinski definition) is 27. The average molecular weight is 1970 g/mol. The van der Waals surface area contributed by atoms with Crippen LogP contribution in [0.15, 0.2) is 156 Å². The van der Waals surface area contributed by atoms with Crippen molar-refractivity contribution in [2.45, 2.75) is 158 Å². The summed E-state index contributed by atoms with van der Waals surface area (Å²) in [6.45, 7) is 7.59. The van der Waals surface area contributed by atoms with E-state index < -0.39 is 6.10 Å². The number of rotatable bonds is 29. The number of nitrogens with zero attached hydrogens (tertiary/aromatic N) is 5. The Morgan fingerprint density at radius 2 is 0.683 bits per heavy atom. The average Bonchev–Trinajstić information content (AvgIpc) is 1.69. The number of aliphatic hydroxyl groups excluding tert-OH is 2. The van der Waals surface area contributed by atoms with Crippen LogP contribution < -0.4 is 80.5 Å². The lowest BCUT2D eigenvalue weighted by Crippen LogP contribution is -2.34. The summed E-state index contributed by atoms with van der Waals surface area (Å²) in [6, 6.07) is 48.7. The number of benzene rings is 10. The standard InChI is InChI=1S/C23H29NO5.C22H24FNO5.C22H25NO4.C22H27NO4.C21H22BrNO4/c1-24-11-10-16-12-20-22(29-14-28-20)23(27-3)21(16)19(24)13-17(25)7-4-15-5-8-18(26-2)9-6-15;1-24-7-6-14-9-19-21(29-12-28-19)22(27-3)20(14)17(24)11-16(25)8-13-4-5-15(23)10-18(13)26-2;1-14-6-4-5-7-15(14)10-17(24)12-18-20-16(8-9-23(18)2)11-19-21(22(20)25-3)27-13-26-19;1-23-11-10-16-12-19-21(27-14-26-19)22(25-2)20(16)18(23)13-17(24)9-8-15-6-4-3-5-7-15;1-23-8-7-14-10-18-20(27-12-26-18)21(25-2)19(14)17(23)11-15(24)9-13-5-3-4-6-16(13)22/h5-6,8-9,12,17,19,25H,4,7,10-11,13-14H2,1-3H3;4-5,9-10,17H,6-8,11-12H2,1-3H3;4-7,11,18H,8-10,12-13H2,1-3H3;3-7,12,17-18,24H,8-11,13-14H2,1-2H3;3-6,10,17H,7-9,11-12H2,1-2H3. The van der Waals surface area contributed by atoms with Crippen LogP contribution in [0, 0.1) is 12.7 Å². The van der Waals surface area contributed by atoms with E-state index in [1.807, 2.05) is 111 Å². The molecule has 10 aliphatic rings. The highest BCUT2D eigenvalue weighted by Crippen LogP contribution is 2.57. The maximum atomic E-state index is 13.4. The zero-order valence-corrected chi connectivity index (χ0v) is 83.2. The fraction of sp³-hybridized carbons (Fsp3) is 0.427. The number of ether oxygens (including phenoxy) is 17. The Hall–Kier alpha value is -12.1. The summed E-state index contributed by atoms with van der Waals surface area (Å²) in [4.78, 5) is 50.0. The first-order valence-electron chi connectivity index (χ1n) is 47.6. The SMILES string of the molecule is COc1c2c(cc3c1C(CC(=O)Cc1ccccc1Br)N(C)CC3)OCO2.COc1c2c(cc3c1C(CC(=O)Cc1ccccc1C)N(C)CC3)OCO2.COc1c2c(cc3c1C(CC(O)CCc1ccccc1)N(C)CC3)OCO2.COc1cc(F)ccc1CC(=O)CC1c2c(cc3c(c2OC)OCO3)CCN1C.COc1ccc(CCC(O)CC2c3c(cc4c(c3OC)OCO4)CCN2C)cc1. The van der Waals surface area contributed by atoms with Crippen molar-refractivity contribution in [3.63, 3.8) is 0 Å². The monoisotopic (exact) mass is 1970 g/mol. The van der Waals surface area contributed by atoms with Crippen LogP contribution in [0.1, 0.15) is 164 Å². The number of aryl methyl sites for hydroxylation is 3. The van der Waals surface area contributed by atoms with E-state index >= 15 is 0 Å². The van der Waals surface area contributed by atoms with E-state index in [0.717, 1.165) is 179 Å². The first-order chi connectivity index (χ1) is 67.4. The summed E-state index contributed by atoms with van der Waals surface area (Å²) in [5.74, 6) is 11.8. The van der Waals surface area contributed by atoms with Crippen molar-refractivity contribution in [3.05, 3.63) is 251 Å². The van der Waals surface area contributed by atoms with Crippen molar-refractivity contribution < 1.29 is 110 Å². The molecule has 10 aliphatic heterocycles. The number of ketones is 3. The van der Waals surface area contributed by atoms with Crippen LogP contribution >= 0.6 is 15.9 Å². The fourth-order valence-electron chi connectivity index (χ4n) is 20.7. The van der Waals surface area contributed by atoms with Crippen LogP contribution in [0.25, 0.3) is 0 Å². The van der Waals surface area contributed by atoms with Gasteiger partial charge in [-0.1, -0.05) is 107 Å². The first kappa shape index (κ1) is 99.9. The van der Waals surface area contributed by atoms with Gasteiger partial charge < -0.3 is 90.7 Å². The van der Waals surface area contributed by atoms with Crippen LogP contribution in [-0.4, -0.2) is 216 Å². The summed E-state index contributed by atoms with van der Waals surface area (Å²) in [6.07, 6.45) is 10.4. The van der Waals surface area contributed by atoms with E-state index in [4.69, 9.17) is 80.5 Å². The maximum absolute atomic E-state index is 13.4.